The van der Waals surface area contributed by atoms with E-state index in [-0.39, 0.29) is 5.91 Å². The molecule has 4 nitrogen and oxygen atoms in total. The number of nitrogens with zero attached hydrogens (tertiary/aromatic N) is 2. The lowest BCUT2D eigenvalue weighted by Gasteiger charge is -2.19. The van der Waals surface area contributed by atoms with Gasteiger partial charge in [-0.25, -0.2) is 0 Å². The van der Waals surface area contributed by atoms with Crippen LogP contribution in [0.2, 0.25) is 0 Å². The van der Waals surface area contributed by atoms with E-state index >= 15 is 0 Å². The summed E-state index contributed by atoms with van der Waals surface area (Å²) in [6.07, 6.45) is 3.84. The van der Waals surface area contributed by atoms with Gasteiger partial charge in [-0.05, 0) is 49.4 Å². The summed E-state index contributed by atoms with van der Waals surface area (Å²) in [6, 6.07) is 10.6. The molecule has 0 N–H and O–H groups in total. The summed E-state index contributed by atoms with van der Waals surface area (Å²) < 4.78 is 5.49. The molecule has 0 saturated heterocycles. The van der Waals surface area contributed by atoms with Crippen molar-refractivity contribution in [2.45, 2.75) is 33.2 Å². The van der Waals surface area contributed by atoms with Gasteiger partial charge in [0.25, 0.3) is 5.91 Å². The third-order valence-electron chi connectivity index (χ3n) is 5.43. The molecule has 2 heterocycles. The van der Waals surface area contributed by atoms with Gasteiger partial charge in [-0.2, -0.15) is 0 Å². The quantitative estimate of drug-likeness (QED) is 0.640. The van der Waals surface area contributed by atoms with Gasteiger partial charge in [0.1, 0.15) is 5.75 Å². The molecule has 0 saturated carbocycles. The van der Waals surface area contributed by atoms with Crippen molar-refractivity contribution in [3.05, 3.63) is 69.4 Å². The fraction of sp³-hybridized carbons (Fsp3) is 0.304. The van der Waals surface area contributed by atoms with Crippen LogP contribution in [0.1, 0.15) is 37.6 Å². The van der Waals surface area contributed by atoms with E-state index in [4.69, 9.17) is 4.74 Å². The molecular weight excluding hydrogens is 368 g/mol. The van der Waals surface area contributed by atoms with Gasteiger partial charge in [0.15, 0.2) is 0 Å². The average molecular weight is 393 g/mol. The number of ether oxygens (including phenoxy) is 1. The van der Waals surface area contributed by atoms with E-state index in [1.54, 1.807) is 29.5 Å². The summed E-state index contributed by atoms with van der Waals surface area (Å²) in [5.41, 5.74) is 6.78. The van der Waals surface area contributed by atoms with Crippen molar-refractivity contribution in [3.63, 3.8) is 0 Å². The second-order valence-corrected chi connectivity index (χ2v) is 8.38. The molecule has 0 bridgehead atoms. The number of pyridine rings is 1. The molecule has 0 aliphatic heterocycles. The summed E-state index contributed by atoms with van der Waals surface area (Å²) >= 11 is 1.60. The van der Waals surface area contributed by atoms with Crippen molar-refractivity contribution >= 4 is 17.2 Å². The van der Waals surface area contributed by atoms with Crippen molar-refractivity contribution in [2.75, 3.05) is 14.2 Å². The van der Waals surface area contributed by atoms with Crippen LogP contribution in [0.4, 0.5) is 0 Å². The number of hydrogen-bond acceptors (Lipinski definition) is 4. The Labute approximate surface area is 169 Å². The molecule has 4 rings (SSSR count). The first-order chi connectivity index (χ1) is 13.5. The maximum atomic E-state index is 13.1. The number of aryl methyl sites for hydroxylation is 3. The molecule has 1 aliphatic carbocycles. The fourth-order valence-corrected chi connectivity index (χ4v) is 5.16. The smallest absolute Gasteiger partial charge is 0.264 e. The first-order valence-corrected chi connectivity index (χ1v) is 10.3. The van der Waals surface area contributed by atoms with Crippen LogP contribution < -0.4 is 4.74 Å². The molecule has 3 aromatic rings. The molecule has 0 spiro atoms. The van der Waals surface area contributed by atoms with Crippen LogP contribution in [-0.2, 0) is 19.4 Å². The molecule has 1 aromatic carbocycles. The summed E-state index contributed by atoms with van der Waals surface area (Å²) in [6.45, 7) is 4.43. The van der Waals surface area contributed by atoms with E-state index in [9.17, 15) is 4.79 Å². The van der Waals surface area contributed by atoms with Gasteiger partial charge in [0, 0.05) is 29.2 Å². The predicted octanol–water partition coefficient (Wildman–Crippen LogP) is 4.81. The number of carbonyl (C=O) groups excluding carboxylic acids is 1. The molecule has 0 unspecified atom stereocenters. The van der Waals surface area contributed by atoms with Gasteiger partial charge in [-0.15, -0.1) is 11.3 Å². The number of methoxy groups -OCH3 is 1. The molecular formula is C23H24N2O2S. The van der Waals surface area contributed by atoms with Crippen LogP contribution in [0, 0.1) is 13.8 Å². The van der Waals surface area contributed by atoms with Crippen LogP contribution in [0.5, 0.6) is 5.75 Å². The largest absolute Gasteiger partial charge is 0.496 e. The Hall–Kier alpha value is -2.66. The Kier molecular flexibility index (Phi) is 4.94. The Morgan fingerprint density at radius 1 is 1.21 bits per heavy atom. The number of rotatable bonds is 4. The van der Waals surface area contributed by atoms with Crippen LogP contribution >= 0.6 is 11.3 Å². The summed E-state index contributed by atoms with van der Waals surface area (Å²) in [5.74, 6) is 0.881. The van der Waals surface area contributed by atoms with E-state index in [2.05, 4.69) is 35.3 Å². The van der Waals surface area contributed by atoms with E-state index < -0.39 is 0 Å². The van der Waals surface area contributed by atoms with E-state index in [0.29, 0.717) is 6.54 Å². The Morgan fingerprint density at radius 3 is 2.75 bits per heavy atom. The van der Waals surface area contributed by atoms with E-state index in [1.807, 2.05) is 20.9 Å². The number of amides is 1. The SMILES string of the molecule is COc1c(C)cnc(CN(C)C(=O)c2cc3c(s2)-c2ccccc2CC3)c1C. The van der Waals surface area contributed by atoms with Crippen molar-refractivity contribution in [1.82, 2.24) is 9.88 Å². The zero-order valence-electron chi connectivity index (χ0n) is 16.7. The first kappa shape index (κ1) is 18.7. The minimum atomic E-state index is 0.0395. The molecule has 5 heteroatoms. The lowest BCUT2D eigenvalue weighted by molar-refractivity contribution is 0.0787. The molecule has 0 atom stereocenters. The topological polar surface area (TPSA) is 42.4 Å². The lowest BCUT2D eigenvalue weighted by Crippen LogP contribution is -2.26. The van der Waals surface area contributed by atoms with Gasteiger partial charge in [-0.1, -0.05) is 24.3 Å². The van der Waals surface area contributed by atoms with Gasteiger partial charge in [0.2, 0.25) is 0 Å². The Balaban J connectivity index is 1.59. The van der Waals surface area contributed by atoms with E-state index in [1.165, 1.54) is 21.6 Å². The monoisotopic (exact) mass is 392 g/mol. The zero-order chi connectivity index (χ0) is 19.8. The van der Waals surface area contributed by atoms with Crippen LogP contribution in [-0.4, -0.2) is 29.9 Å². The number of hydrogen-bond donors (Lipinski definition) is 0. The fourth-order valence-electron chi connectivity index (χ4n) is 3.89. The number of carbonyl (C=O) groups is 1. The summed E-state index contributed by atoms with van der Waals surface area (Å²) in [5, 5.41) is 0. The van der Waals surface area contributed by atoms with Gasteiger partial charge < -0.3 is 9.64 Å². The zero-order valence-corrected chi connectivity index (χ0v) is 17.5. The van der Waals surface area contributed by atoms with Crippen LogP contribution in [0.3, 0.4) is 0 Å². The standard InChI is InChI=1S/C23H24N2O2S/c1-14-12-24-19(15(2)21(14)27-4)13-25(3)23(26)20-11-17-10-9-16-7-5-6-8-18(16)22(17)28-20/h5-8,11-12H,9-10,13H2,1-4H3. The summed E-state index contributed by atoms with van der Waals surface area (Å²) in [4.78, 5) is 21.4. The van der Waals surface area contributed by atoms with Crippen LogP contribution in [0.25, 0.3) is 10.4 Å². The highest BCUT2D eigenvalue weighted by molar-refractivity contribution is 7.17. The highest BCUT2D eigenvalue weighted by Crippen LogP contribution is 2.39. The highest BCUT2D eigenvalue weighted by Gasteiger charge is 2.23. The third kappa shape index (κ3) is 3.20. The van der Waals surface area contributed by atoms with Crippen molar-refractivity contribution in [3.8, 4) is 16.2 Å². The third-order valence-corrected chi connectivity index (χ3v) is 6.63. The Bertz CT molecular complexity index is 1050. The van der Waals surface area contributed by atoms with Crippen molar-refractivity contribution < 1.29 is 9.53 Å². The first-order valence-electron chi connectivity index (χ1n) is 9.45. The predicted molar refractivity (Wildman–Crippen MR) is 113 cm³/mol. The second kappa shape index (κ2) is 7.40. The number of fused-ring (bicyclic) bond motifs is 3. The average Bonchev–Trinajstić information content (AvgIpc) is 3.14. The minimum absolute atomic E-state index is 0.0395. The molecule has 2 aromatic heterocycles. The van der Waals surface area contributed by atoms with Gasteiger partial charge in [-0.3, -0.25) is 9.78 Å². The second-order valence-electron chi connectivity index (χ2n) is 7.33. The van der Waals surface area contributed by atoms with Gasteiger partial charge in [0.05, 0.1) is 24.2 Å². The minimum Gasteiger partial charge on any atom is -0.496 e. The lowest BCUT2D eigenvalue weighted by atomic mass is 9.91. The Morgan fingerprint density at radius 2 is 1.96 bits per heavy atom. The van der Waals surface area contributed by atoms with Crippen molar-refractivity contribution in [1.29, 1.82) is 0 Å². The molecule has 0 radical (unpaired) electrons. The molecule has 28 heavy (non-hydrogen) atoms. The number of thiophene rings is 1. The maximum absolute atomic E-state index is 13.1. The van der Waals surface area contributed by atoms with Gasteiger partial charge >= 0.3 is 0 Å². The molecule has 0 fully saturated rings. The molecule has 1 amide bonds. The highest BCUT2D eigenvalue weighted by atomic mass is 32.1. The summed E-state index contributed by atoms with van der Waals surface area (Å²) in [7, 11) is 3.50. The van der Waals surface area contributed by atoms with Crippen LogP contribution in [0.15, 0.2) is 36.5 Å². The molecule has 144 valence electrons. The normalized spacial score (nSPS) is 12.3. The maximum Gasteiger partial charge on any atom is 0.264 e. The van der Waals surface area contributed by atoms with Crippen molar-refractivity contribution in [2.24, 2.45) is 0 Å². The van der Waals surface area contributed by atoms with E-state index in [0.717, 1.165) is 40.3 Å². The number of aromatic nitrogens is 1. The number of benzene rings is 1. The molecule has 1 aliphatic rings.